The predicted molar refractivity (Wildman–Crippen MR) is 24.7 cm³/mol. The summed E-state index contributed by atoms with van der Waals surface area (Å²) in [6.07, 6.45) is 4.34. The molecule has 4 heteroatoms. The van der Waals surface area contributed by atoms with Gasteiger partial charge in [0.05, 0.1) is 0 Å². The van der Waals surface area contributed by atoms with E-state index in [1.165, 1.54) is 12.3 Å². The summed E-state index contributed by atoms with van der Waals surface area (Å²) in [5.74, 6) is -1.23. The van der Waals surface area contributed by atoms with E-state index in [1.54, 1.807) is 6.08 Å². The molecule has 0 bridgehead atoms. The standard InChI is InChI=1S/C5H5NO2.Zn/c7-5(8)4-2-1-3-6-4;/h1-3,7-8H;/q;+2/p-2. The molecule has 1 heterocycles. The van der Waals surface area contributed by atoms with Crippen molar-refractivity contribution >= 4 is 6.21 Å². The van der Waals surface area contributed by atoms with Gasteiger partial charge in [-0.3, -0.25) is 4.99 Å². The molecule has 9 heavy (non-hydrogen) atoms. The van der Waals surface area contributed by atoms with Crippen LogP contribution in [0.5, 0.6) is 0 Å². The Bertz CT molecular complexity index is 165. The summed E-state index contributed by atoms with van der Waals surface area (Å²) < 4.78 is 0. The van der Waals surface area contributed by atoms with Crippen LogP contribution in [0.2, 0.25) is 0 Å². The molecular formula is C5H3NO2Zn. The molecule has 0 spiro atoms. The number of hydrogen-bond acceptors (Lipinski definition) is 3. The molecule has 1 aliphatic rings. The van der Waals surface area contributed by atoms with Crippen LogP contribution in [0.4, 0.5) is 0 Å². The van der Waals surface area contributed by atoms with Crippen LogP contribution in [0.15, 0.2) is 28.8 Å². The van der Waals surface area contributed by atoms with Gasteiger partial charge in [-0.1, -0.05) is 0 Å². The van der Waals surface area contributed by atoms with Crippen molar-refractivity contribution in [2.75, 3.05) is 0 Å². The van der Waals surface area contributed by atoms with Crippen LogP contribution in [0, 0.1) is 0 Å². The maximum atomic E-state index is 9.89. The molecule has 42 valence electrons. The van der Waals surface area contributed by atoms with Crippen LogP contribution >= 0.6 is 0 Å². The van der Waals surface area contributed by atoms with Crippen LogP contribution < -0.4 is 10.2 Å². The molecule has 0 saturated carbocycles. The van der Waals surface area contributed by atoms with E-state index in [0.29, 0.717) is 0 Å². The quantitative estimate of drug-likeness (QED) is 0.332. The van der Waals surface area contributed by atoms with E-state index >= 15 is 0 Å². The first-order valence-corrected chi connectivity index (χ1v) is 2.10. The molecule has 0 N–H and O–H groups in total. The Kier molecular flexibility index (Phi) is 3.17. The summed E-state index contributed by atoms with van der Waals surface area (Å²) in [5, 5.41) is 19.8. The van der Waals surface area contributed by atoms with E-state index in [0.717, 1.165) is 0 Å². The summed E-state index contributed by atoms with van der Waals surface area (Å²) >= 11 is 0. The van der Waals surface area contributed by atoms with Gasteiger partial charge in [-0.15, -0.1) is 0 Å². The normalized spacial score (nSPS) is 13.6. The molecule has 1 rings (SSSR count). The van der Waals surface area contributed by atoms with Crippen LogP contribution in [0.3, 0.4) is 0 Å². The van der Waals surface area contributed by atoms with Crippen molar-refractivity contribution in [1.82, 2.24) is 0 Å². The average Bonchev–Trinajstić information content (AvgIpc) is 2.12. The van der Waals surface area contributed by atoms with E-state index in [-0.39, 0.29) is 25.2 Å². The number of hydrogen-bond donors (Lipinski definition) is 0. The molecule has 3 nitrogen and oxygen atoms in total. The second kappa shape index (κ2) is 3.41. The van der Waals surface area contributed by atoms with Gasteiger partial charge in [0.25, 0.3) is 0 Å². The first-order chi connectivity index (χ1) is 3.80. The Hall–Kier alpha value is -0.627. The van der Waals surface area contributed by atoms with Crippen LogP contribution in [-0.2, 0) is 19.5 Å². The van der Waals surface area contributed by atoms with E-state index in [2.05, 4.69) is 4.99 Å². The van der Waals surface area contributed by atoms with Crippen molar-refractivity contribution in [3.8, 4) is 0 Å². The molecule has 0 aromatic rings. The zero-order valence-corrected chi connectivity index (χ0v) is 7.67. The summed E-state index contributed by atoms with van der Waals surface area (Å²) in [6.45, 7) is 0. The largest absolute Gasteiger partial charge is 2.00 e. The summed E-state index contributed by atoms with van der Waals surface area (Å²) in [6, 6.07) is 0. The van der Waals surface area contributed by atoms with Crippen LogP contribution in [0.25, 0.3) is 0 Å². The third kappa shape index (κ3) is 1.98. The average molecular weight is 174 g/mol. The molecule has 0 fully saturated rings. The molecule has 0 aromatic carbocycles. The maximum absolute atomic E-state index is 9.89. The topological polar surface area (TPSA) is 58.5 Å². The number of rotatable bonds is 0. The number of aliphatic imine (C=N–C) groups is 1. The Morgan fingerprint density at radius 3 is 2.33 bits per heavy atom. The molecule has 0 saturated heterocycles. The molecule has 0 unspecified atom stereocenters. The second-order valence-electron chi connectivity index (χ2n) is 1.31. The van der Waals surface area contributed by atoms with Gasteiger partial charge in [0.1, 0.15) is 0 Å². The summed E-state index contributed by atoms with van der Waals surface area (Å²) in [4.78, 5) is 3.45. The zero-order chi connectivity index (χ0) is 5.98. The zero-order valence-electron chi connectivity index (χ0n) is 4.70. The molecule has 1 aliphatic heterocycles. The fourth-order valence-electron chi connectivity index (χ4n) is 0.421. The van der Waals surface area contributed by atoms with Crippen molar-refractivity contribution in [3.05, 3.63) is 23.8 Å². The third-order valence-corrected chi connectivity index (χ3v) is 0.763. The van der Waals surface area contributed by atoms with Crippen LogP contribution in [-0.4, -0.2) is 6.21 Å². The van der Waals surface area contributed by atoms with Crippen molar-refractivity contribution < 1.29 is 29.7 Å². The Balaban J connectivity index is 0.000000640. The monoisotopic (exact) mass is 173 g/mol. The number of allylic oxidation sites excluding steroid dienone is 2. The fraction of sp³-hybridized carbons (Fsp3) is 0. The number of nitrogens with zero attached hydrogens (tertiary/aromatic N) is 1. The van der Waals surface area contributed by atoms with E-state index in [9.17, 15) is 10.2 Å². The Morgan fingerprint density at radius 2 is 2.11 bits per heavy atom. The van der Waals surface area contributed by atoms with E-state index < -0.39 is 5.95 Å². The minimum Gasteiger partial charge on any atom is -0.883 e. The first-order valence-electron chi connectivity index (χ1n) is 2.10. The van der Waals surface area contributed by atoms with Gasteiger partial charge in [-0.05, 0) is 12.2 Å². The van der Waals surface area contributed by atoms with E-state index in [4.69, 9.17) is 0 Å². The smallest absolute Gasteiger partial charge is 0.883 e. The van der Waals surface area contributed by atoms with Crippen molar-refractivity contribution in [1.29, 1.82) is 0 Å². The van der Waals surface area contributed by atoms with Gasteiger partial charge in [0.2, 0.25) is 0 Å². The van der Waals surface area contributed by atoms with Gasteiger partial charge in [0.15, 0.2) is 0 Å². The molecule has 0 amide bonds. The third-order valence-electron chi connectivity index (χ3n) is 0.763. The van der Waals surface area contributed by atoms with Gasteiger partial charge in [-0.2, -0.15) is 5.95 Å². The predicted octanol–water partition coefficient (Wildman–Crippen LogP) is -1.49. The van der Waals surface area contributed by atoms with Crippen molar-refractivity contribution in [2.24, 2.45) is 4.99 Å². The van der Waals surface area contributed by atoms with Gasteiger partial charge < -0.3 is 10.2 Å². The van der Waals surface area contributed by atoms with Crippen molar-refractivity contribution in [2.45, 2.75) is 0 Å². The molecule has 0 atom stereocenters. The van der Waals surface area contributed by atoms with Crippen LogP contribution in [0.1, 0.15) is 0 Å². The van der Waals surface area contributed by atoms with Gasteiger partial charge in [0, 0.05) is 11.9 Å². The van der Waals surface area contributed by atoms with Gasteiger partial charge in [-0.25, -0.2) is 0 Å². The van der Waals surface area contributed by atoms with E-state index in [1.807, 2.05) is 0 Å². The molecule has 0 aromatic heterocycles. The Morgan fingerprint density at radius 1 is 1.44 bits per heavy atom. The Labute approximate surface area is 65.2 Å². The molecular weight excluding hydrogens is 171 g/mol. The second-order valence-corrected chi connectivity index (χ2v) is 1.31. The maximum Gasteiger partial charge on any atom is 2.00 e. The summed E-state index contributed by atoms with van der Waals surface area (Å²) in [5.41, 5.74) is -0.00926. The summed E-state index contributed by atoms with van der Waals surface area (Å²) in [7, 11) is 0. The first kappa shape index (κ1) is 8.37. The van der Waals surface area contributed by atoms with Gasteiger partial charge >= 0.3 is 19.5 Å². The minimum atomic E-state index is -1.23. The molecule has 0 aliphatic carbocycles. The fourth-order valence-corrected chi connectivity index (χ4v) is 0.421. The molecule has 0 radical (unpaired) electrons. The minimum absolute atomic E-state index is 0. The SMILES string of the molecule is [O-]C([O-])=C1C=CC=N1.[Zn+2]. The van der Waals surface area contributed by atoms with Crippen molar-refractivity contribution in [3.63, 3.8) is 0 Å².